The lowest BCUT2D eigenvalue weighted by Gasteiger charge is -2.29. The van der Waals surface area contributed by atoms with E-state index in [9.17, 15) is 9.59 Å². The molecule has 1 aromatic rings. The molecule has 0 fully saturated rings. The van der Waals surface area contributed by atoms with E-state index in [1.807, 2.05) is 25.1 Å². The molecule has 0 spiro atoms. The number of carbonyl (C=O) groups is 2. The van der Waals surface area contributed by atoms with Crippen LogP contribution in [0.5, 0.6) is 5.75 Å². The van der Waals surface area contributed by atoms with Crippen LogP contribution in [0.1, 0.15) is 58.1 Å². The number of hydrogen-bond donors (Lipinski definition) is 2. The van der Waals surface area contributed by atoms with Crippen LogP contribution in [0.4, 0.5) is 4.79 Å². The van der Waals surface area contributed by atoms with Crippen LogP contribution in [-0.2, 0) is 9.53 Å². The van der Waals surface area contributed by atoms with E-state index in [-0.39, 0.29) is 12.6 Å². The van der Waals surface area contributed by atoms with E-state index < -0.39 is 12.0 Å². The zero-order valence-corrected chi connectivity index (χ0v) is 17.6. The molecule has 2 amide bonds. The third-order valence-electron chi connectivity index (χ3n) is 4.18. The summed E-state index contributed by atoms with van der Waals surface area (Å²) < 4.78 is 11.7. The first-order valence-corrected chi connectivity index (χ1v) is 10.2. The molecule has 1 aliphatic heterocycles. The summed E-state index contributed by atoms with van der Waals surface area (Å²) in [6.07, 6.45) is 3.36. The molecule has 7 heteroatoms. The number of amides is 2. The van der Waals surface area contributed by atoms with Gasteiger partial charge in [0.15, 0.2) is 0 Å². The maximum absolute atomic E-state index is 12.6. The van der Waals surface area contributed by atoms with Gasteiger partial charge in [0.05, 0.1) is 29.3 Å². The van der Waals surface area contributed by atoms with Gasteiger partial charge in [0, 0.05) is 5.70 Å². The van der Waals surface area contributed by atoms with Crippen LogP contribution in [0.2, 0.25) is 0 Å². The van der Waals surface area contributed by atoms with Gasteiger partial charge in [-0.3, -0.25) is 0 Å². The highest BCUT2D eigenvalue weighted by atomic mass is 79.9. The number of esters is 1. The Morgan fingerprint density at radius 1 is 1.22 bits per heavy atom. The molecule has 0 aliphatic carbocycles. The second-order valence-corrected chi connectivity index (χ2v) is 7.14. The third kappa shape index (κ3) is 5.48. The average Bonchev–Trinajstić information content (AvgIpc) is 2.64. The van der Waals surface area contributed by atoms with Crippen LogP contribution < -0.4 is 15.4 Å². The normalized spacial score (nSPS) is 16.6. The first kappa shape index (κ1) is 21.3. The van der Waals surface area contributed by atoms with Crippen molar-refractivity contribution in [2.45, 2.75) is 52.5 Å². The molecule has 1 atom stereocenters. The summed E-state index contributed by atoms with van der Waals surface area (Å²) in [5, 5.41) is 5.63. The lowest BCUT2D eigenvalue weighted by Crippen LogP contribution is -2.46. The van der Waals surface area contributed by atoms with Crippen molar-refractivity contribution in [2.75, 3.05) is 13.2 Å². The molecular weight excluding hydrogens is 412 g/mol. The molecule has 1 heterocycles. The van der Waals surface area contributed by atoms with E-state index in [4.69, 9.17) is 9.47 Å². The summed E-state index contributed by atoms with van der Waals surface area (Å²) in [6.45, 7) is 6.78. The zero-order valence-electron chi connectivity index (χ0n) is 16.1. The number of rotatable bonds is 9. The maximum Gasteiger partial charge on any atom is 0.338 e. The number of allylic oxidation sites excluding steroid dienone is 1. The molecule has 1 aliphatic rings. The van der Waals surface area contributed by atoms with Gasteiger partial charge < -0.3 is 20.1 Å². The number of carbonyl (C=O) groups excluding carboxylic acids is 2. The molecule has 0 saturated heterocycles. The molecule has 0 radical (unpaired) electrons. The van der Waals surface area contributed by atoms with E-state index >= 15 is 0 Å². The van der Waals surface area contributed by atoms with E-state index in [2.05, 4.69) is 33.5 Å². The highest BCUT2D eigenvalue weighted by Crippen LogP contribution is 2.34. The quantitative estimate of drug-likeness (QED) is 0.552. The predicted molar refractivity (Wildman–Crippen MR) is 108 cm³/mol. The van der Waals surface area contributed by atoms with Gasteiger partial charge in [0.25, 0.3) is 0 Å². The van der Waals surface area contributed by atoms with Crippen LogP contribution >= 0.6 is 15.9 Å². The Hall–Kier alpha value is -2.02. The Kier molecular flexibility index (Phi) is 8.16. The molecule has 148 valence electrons. The van der Waals surface area contributed by atoms with Crippen molar-refractivity contribution in [3.8, 4) is 5.75 Å². The minimum atomic E-state index is -0.568. The summed E-state index contributed by atoms with van der Waals surface area (Å²) in [4.78, 5) is 24.8. The number of nitrogens with one attached hydrogen (secondary N) is 2. The Morgan fingerprint density at radius 3 is 2.63 bits per heavy atom. The molecule has 1 unspecified atom stereocenters. The summed E-state index contributed by atoms with van der Waals surface area (Å²) >= 11 is 3.52. The van der Waals surface area contributed by atoms with E-state index in [1.165, 1.54) is 0 Å². The Balaban J connectivity index is 2.42. The minimum Gasteiger partial charge on any atom is -0.492 e. The van der Waals surface area contributed by atoms with Crippen molar-refractivity contribution in [1.82, 2.24) is 10.6 Å². The molecule has 1 aromatic carbocycles. The van der Waals surface area contributed by atoms with Crippen molar-refractivity contribution < 1.29 is 19.1 Å². The van der Waals surface area contributed by atoms with Gasteiger partial charge in [0.2, 0.25) is 0 Å². The third-order valence-corrected chi connectivity index (χ3v) is 4.80. The van der Waals surface area contributed by atoms with Crippen LogP contribution in [-0.4, -0.2) is 25.2 Å². The molecular formula is C20H27BrN2O4. The number of benzene rings is 1. The van der Waals surface area contributed by atoms with Crippen molar-refractivity contribution in [3.63, 3.8) is 0 Å². The van der Waals surface area contributed by atoms with E-state index in [1.54, 1.807) is 6.92 Å². The van der Waals surface area contributed by atoms with Crippen molar-refractivity contribution in [2.24, 2.45) is 0 Å². The molecule has 2 N–H and O–H groups in total. The standard InChI is InChI=1S/C20H27BrN2O4/c1-4-7-8-15-17(19(24)26-6-3)18(23-20(25)22-15)13-9-10-16(14(21)12-13)27-11-5-2/h9-10,12,18H,4-8,11H2,1-3H3,(H2,22,23,25). The smallest absolute Gasteiger partial charge is 0.338 e. The van der Waals surface area contributed by atoms with Gasteiger partial charge in [-0.15, -0.1) is 0 Å². The average molecular weight is 439 g/mol. The molecule has 2 rings (SSSR count). The predicted octanol–water partition coefficient (Wildman–Crippen LogP) is 4.60. The van der Waals surface area contributed by atoms with Gasteiger partial charge in [-0.1, -0.05) is 26.3 Å². The van der Waals surface area contributed by atoms with Gasteiger partial charge in [0.1, 0.15) is 5.75 Å². The van der Waals surface area contributed by atoms with E-state index in [0.717, 1.165) is 35.0 Å². The number of hydrogen-bond acceptors (Lipinski definition) is 4. The fraction of sp³-hybridized carbons (Fsp3) is 0.500. The molecule has 0 aromatic heterocycles. The Bertz CT molecular complexity index is 718. The lowest BCUT2D eigenvalue weighted by molar-refractivity contribution is -0.139. The highest BCUT2D eigenvalue weighted by molar-refractivity contribution is 9.10. The van der Waals surface area contributed by atoms with Crippen LogP contribution in [0, 0.1) is 0 Å². The number of unbranched alkanes of at least 4 members (excludes halogenated alkanes) is 1. The molecule has 0 bridgehead atoms. The first-order chi connectivity index (χ1) is 13.0. The molecule has 27 heavy (non-hydrogen) atoms. The number of halogens is 1. The number of urea groups is 1. The van der Waals surface area contributed by atoms with Crippen molar-refractivity contribution in [1.29, 1.82) is 0 Å². The monoisotopic (exact) mass is 438 g/mol. The van der Waals surface area contributed by atoms with Gasteiger partial charge >= 0.3 is 12.0 Å². The Morgan fingerprint density at radius 2 is 2.00 bits per heavy atom. The van der Waals surface area contributed by atoms with Crippen LogP contribution in [0.3, 0.4) is 0 Å². The van der Waals surface area contributed by atoms with Gasteiger partial charge in [-0.25, -0.2) is 9.59 Å². The summed E-state index contributed by atoms with van der Waals surface area (Å²) in [5.41, 5.74) is 1.88. The second kappa shape index (κ2) is 10.3. The van der Waals surface area contributed by atoms with E-state index in [0.29, 0.717) is 24.3 Å². The SMILES string of the molecule is CCCCC1=C(C(=O)OCC)C(c2ccc(OCCC)c(Br)c2)NC(=O)N1. The lowest BCUT2D eigenvalue weighted by atomic mass is 9.93. The highest BCUT2D eigenvalue weighted by Gasteiger charge is 2.33. The summed E-state index contributed by atoms with van der Waals surface area (Å²) in [6, 6.07) is 4.70. The first-order valence-electron chi connectivity index (χ1n) is 9.41. The summed E-state index contributed by atoms with van der Waals surface area (Å²) in [7, 11) is 0. The van der Waals surface area contributed by atoms with Gasteiger partial charge in [-0.2, -0.15) is 0 Å². The fourth-order valence-corrected chi connectivity index (χ4v) is 3.41. The zero-order chi connectivity index (χ0) is 19.8. The fourth-order valence-electron chi connectivity index (χ4n) is 2.89. The topological polar surface area (TPSA) is 76.7 Å². The second-order valence-electron chi connectivity index (χ2n) is 6.29. The summed E-state index contributed by atoms with van der Waals surface area (Å²) in [5.74, 6) is 0.317. The number of ether oxygens (including phenoxy) is 2. The largest absolute Gasteiger partial charge is 0.492 e. The van der Waals surface area contributed by atoms with Crippen molar-refractivity contribution >= 4 is 27.9 Å². The molecule has 6 nitrogen and oxygen atoms in total. The molecule has 0 saturated carbocycles. The maximum atomic E-state index is 12.6. The van der Waals surface area contributed by atoms with Gasteiger partial charge in [-0.05, 0) is 59.8 Å². The minimum absolute atomic E-state index is 0.275. The van der Waals surface area contributed by atoms with Crippen LogP contribution in [0.25, 0.3) is 0 Å². The Labute approximate surface area is 168 Å². The van der Waals surface area contributed by atoms with Crippen LogP contribution in [0.15, 0.2) is 33.9 Å². The van der Waals surface area contributed by atoms with Crippen molar-refractivity contribution in [3.05, 3.63) is 39.5 Å².